The Balaban J connectivity index is 1.94. The summed E-state index contributed by atoms with van der Waals surface area (Å²) in [6, 6.07) is 13.6. The van der Waals surface area contributed by atoms with Crippen LogP contribution in [0, 0.1) is 5.41 Å². The van der Waals surface area contributed by atoms with Crippen LogP contribution >= 0.6 is 12.2 Å². The van der Waals surface area contributed by atoms with E-state index in [0.717, 1.165) is 17.3 Å². The largest absolute Gasteiger partial charge is 0.362 e. The van der Waals surface area contributed by atoms with Crippen molar-refractivity contribution in [3.05, 3.63) is 48.0 Å². The van der Waals surface area contributed by atoms with Gasteiger partial charge in [-0.2, -0.15) is 0 Å². The van der Waals surface area contributed by atoms with Crippen molar-refractivity contribution in [2.45, 2.75) is 13.8 Å². The van der Waals surface area contributed by atoms with Gasteiger partial charge in [0.2, 0.25) is 0 Å². The van der Waals surface area contributed by atoms with E-state index in [2.05, 4.69) is 29.4 Å². The molecule has 0 bridgehead atoms. The average molecular weight is 343 g/mol. The van der Waals surface area contributed by atoms with Gasteiger partial charge in [-0.1, -0.05) is 44.2 Å². The Labute approximate surface area is 149 Å². The van der Waals surface area contributed by atoms with E-state index >= 15 is 0 Å². The molecule has 0 unspecified atom stereocenters. The fourth-order valence-corrected chi connectivity index (χ4v) is 2.95. The predicted molar refractivity (Wildman–Crippen MR) is 104 cm³/mol. The summed E-state index contributed by atoms with van der Waals surface area (Å²) >= 11 is 5.25. The van der Waals surface area contributed by atoms with E-state index in [1.54, 1.807) is 0 Å². The highest BCUT2D eigenvalue weighted by Gasteiger charge is 2.19. The zero-order valence-corrected chi connectivity index (χ0v) is 15.5. The number of hydrogen-bond donors (Lipinski definition) is 2. The number of rotatable bonds is 5. The van der Waals surface area contributed by atoms with E-state index in [4.69, 9.17) is 12.2 Å². The van der Waals surface area contributed by atoms with Crippen LogP contribution in [-0.4, -0.2) is 43.1 Å². The van der Waals surface area contributed by atoms with Crippen LogP contribution in [0.4, 0.5) is 0 Å². The van der Waals surface area contributed by atoms with Gasteiger partial charge >= 0.3 is 0 Å². The second kappa shape index (κ2) is 7.73. The third-order valence-corrected chi connectivity index (χ3v) is 3.96. The third kappa shape index (κ3) is 5.28. The molecule has 1 amide bonds. The Hall–Kier alpha value is -1.98. The third-order valence-electron chi connectivity index (χ3n) is 3.71. The number of carbonyl (C=O) groups excluding carboxylic acids is 1. The van der Waals surface area contributed by atoms with Gasteiger partial charge in [0, 0.05) is 18.7 Å². The van der Waals surface area contributed by atoms with Gasteiger partial charge in [0.25, 0.3) is 5.91 Å². The van der Waals surface area contributed by atoms with Crippen molar-refractivity contribution >= 4 is 34.0 Å². The van der Waals surface area contributed by atoms with Crippen LogP contribution in [-0.2, 0) is 0 Å². The summed E-state index contributed by atoms with van der Waals surface area (Å²) in [7, 11) is 4.09. The van der Waals surface area contributed by atoms with E-state index < -0.39 is 0 Å². The highest BCUT2D eigenvalue weighted by Crippen LogP contribution is 2.16. The topological polar surface area (TPSA) is 44.4 Å². The highest BCUT2D eigenvalue weighted by molar-refractivity contribution is 7.80. The minimum atomic E-state index is -0.191. The molecule has 0 spiro atoms. The number of fused-ring (bicyclic) bond motifs is 1. The standard InChI is InChI=1S/C19H25N3OS/c1-19(2,13-22(3)4)12-20-18(24)21-17(23)16-10-9-14-7-5-6-8-15(14)11-16/h5-11H,12-13H2,1-4H3,(H2,20,21,23,24). The maximum atomic E-state index is 12.4. The Morgan fingerprint density at radius 2 is 1.79 bits per heavy atom. The van der Waals surface area contributed by atoms with Crippen LogP contribution in [0.1, 0.15) is 24.2 Å². The summed E-state index contributed by atoms with van der Waals surface area (Å²) in [6.45, 7) is 5.95. The number of benzene rings is 2. The molecule has 0 radical (unpaired) electrons. The molecule has 4 nitrogen and oxygen atoms in total. The smallest absolute Gasteiger partial charge is 0.257 e. The molecule has 0 atom stereocenters. The second-order valence-electron chi connectivity index (χ2n) is 7.10. The fraction of sp³-hybridized carbons (Fsp3) is 0.368. The molecular formula is C19H25N3OS. The zero-order valence-electron chi connectivity index (χ0n) is 14.7. The molecule has 0 saturated carbocycles. The minimum absolute atomic E-state index is 0.0568. The van der Waals surface area contributed by atoms with Gasteiger partial charge in [-0.05, 0) is 54.6 Å². The molecule has 0 aromatic heterocycles. The SMILES string of the molecule is CN(C)CC(C)(C)CNC(=S)NC(=O)c1ccc2ccccc2c1. The van der Waals surface area contributed by atoms with Crippen molar-refractivity contribution < 1.29 is 4.79 Å². The van der Waals surface area contributed by atoms with Gasteiger partial charge in [0.05, 0.1) is 0 Å². The average Bonchev–Trinajstić information content (AvgIpc) is 2.51. The van der Waals surface area contributed by atoms with Gasteiger partial charge in [0.1, 0.15) is 0 Å². The summed E-state index contributed by atoms with van der Waals surface area (Å²) in [5, 5.41) is 8.40. The van der Waals surface area contributed by atoms with Crippen molar-refractivity contribution in [1.29, 1.82) is 0 Å². The number of amides is 1. The Morgan fingerprint density at radius 1 is 1.12 bits per heavy atom. The Bertz CT molecular complexity index is 740. The molecule has 5 heteroatoms. The lowest BCUT2D eigenvalue weighted by Gasteiger charge is -2.28. The molecule has 128 valence electrons. The first kappa shape index (κ1) is 18.4. The van der Waals surface area contributed by atoms with Crippen molar-refractivity contribution in [2.75, 3.05) is 27.2 Å². The van der Waals surface area contributed by atoms with E-state index in [1.165, 1.54) is 0 Å². The minimum Gasteiger partial charge on any atom is -0.362 e. The van der Waals surface area contributed by atoms with Crippen LogP contribution < -0.4 is 10.6 Å². The quantitative estimate of drug-likeness (QED) is 0.819. The molecule has 2 N–H and O–H groups in total. The summed E-state index contributed by atoms with van der Waals surface area (Å²) in [5.74, 6) is -0.191. The summed E-state index contributed by atoms with van der Waals surface area (Å²) < 4.78 is 0. The number of carbonyl (C=O) groups is 1. The first-order chi connectivity index (χ1) is 11.3. The van der Waals surface area contributed by atoms with Gasteiger partial charge in [-0.25, -0.2) is 0 Å². The summed E-state index contributed by atoms with van der Waals surface area (Å²) in [4.78, 5) is 14.5. The first-order valence-corrected chi connectivity index (χ1v) is 8.40. The monoisotopic (exact) mass is 343 g/mol. The zero-order chi connectivity index (χ0) is 17.7. The maximum Gasteiger partial charge on any atom is 0.257 e. The lowest BCUT2D eigenvalue weighted by molar-refractivity contribution is 0.0976. The van der Waals surface area contributed by atoms with Crippen LogP contribution in [0.25, 0.3) is 10.8 Å². The normalized spacial score (nSPS) is 11.5. The lowest BCUT2D eigenvalue weighted by atomic mass is 9.93. The van der Waals surface area contributed by atoms with Crippen molar-refractivity contribution in [3.63, 3.8) is 0 Å². The van der Waals surface area contributed by atoms with Crippen LogP contribution in [0.2, 0.25) is 0 Å². The number of hydrogen-bond acceptors (Lipinski definition) is 3. The molecule has 0 saturated heterocycles. The van der Waals surface area contributed by atoms with Crippen molar-refractivity contribution in [1.82, 2.24) is 15.5 Å². The predicted octanol–water partition coefficient (Wildman–Crippen LogP) is 3.03. The van der Waals surface area contributed by atoms with Gasteiger partial charge in [0.15, 0.2) is 5.11 Å². The van der Waals surface area contributed by atoms with Crippen molar-refractivity contribution in [2.24, 2.45) is 5.41 Å². The molecule has 2 aromatic carbocycles. The van der Waals surface area contributed by atoms with Gasteiger partial charge < -0.3 is 10.2 Å². The highest BCUT2D eigenvalue weighted by atomic mass is 32.1. The molecule has 0 aliphatic heterocycles. The number of nitrogens with zero attached hydrogens (tertiary/aromatic N) is 1. The molecule has 2 aromatic rings. The van der Waals surface area contributed by atoms with Crippen LogP contribution in [0.5, 0.6) is 0 Å². The van der Waals surface area contributed by atoms with E-state index in [1.807, 2.05) is 56.6 Å². The van der Waals surface area contributed by atoms with Crippen LogP contribution in [0.15, 0.2) is 42.5 Å². The number of thiocarbonyl (C=S) groups is 1. The van der Waals surface area contributed by atoms with Crippen LogP contribution in [0.3, 0.4) is 0 Å². The molecule has 0 heterocycles. The molecule has 2 rings (SSSR count). The van der Waals surface area contributed by atoms with E-state index in [-0.39, 0.29) is 11.3 Å². The van der Waals surface area contributed by atoms with E-state index in [0.29, 0.717) is 17.2 Å². The summed E-state index contributed by atoms with van der Waals surface area (Å²) in [5.41, 5.74) is 0.659. The van der Waals surface area contributed by atoms with Crippen molar-refractivity contribution in [3.8, 4) is 0 Å². The second-order valence-corrected chi connectivity index (χ2v) is 7.51. The summed E-state index contributed by atoms with van der Waals surface area (Å²) in [6.07, 6.45) is 0. The fourth-order valence-electron chi connectivity index (χ4n) is 2.78. The molecule has 24 heavy (non-hydrogen) atoms. The van der Waals surface area contributed by atoms with E-state index in [9.17, 15) is 4.79 Å². The Kier molecular flexibility index (Phi) is 5.91. The molecule has 0 aliphatic carbocycles. The molecule has 0 fully saturated rings. The Morgan fingerprint density at radius 3 is 2.46 bits per heavy atom. The maximum absolute atomic E-state index is 12.4. The van der Waals surface area contributed by atoms with Gasteiger partial charge in [-0.15, -0.1) is 0 Å². The first-order valence-electron chi connectivity index (χ1n) is 7.99. The lowest BCUT2D eigenvalue weighted by Crippen LogP contribution is -2.45. The molecule has 0 aliphatic rings. The number of nitrogens with one attached hydrogen (secondary N) is 2. The molecular weight excluding hydrogens is 318 g/mol. The van der Waals surface area contributed by atoms with Gasteiger partial charge in [-0.3, -0.25) is 10.1 Å².